The van der Waals surface area contributed by atoms with E-state index in [0.717, 1.165) is 5.82 Å². The third-order valence-corrected chi connectivity index (χ3v) is 2.79. The van der Waals surface area contributed by atoms with Crippen molar-refractivity contribution < 1.29 is 4.74 Å². The topological polar surface area (TPSA) is 38.2 Å². The average molecular weight is 244 g/mol. The van der Waals surface area contributed by atoms with Gasteiger partial charge in [0.25, 0.3) is 0 Å². The second kappa shape index (κ2) is 5.89. The lowest BCUT2D eigenvalue weighted by Crippen LogP contribution is -2.31. The van der Waals surface area contributed by atoms with Crippen molar-refractivity contribution in [2.45, 2.75) is 26.8 Å². The molecule has 1 rings (SSSR count). The van der Waals surface area contributed by atoms with Gasteiger partial charge < -0.3 is 9.64 Å². The quantitative estimate of drug-likeness (QED) is 0.744. The Kier molecular flexibility index (Phi) is 4.80. The summed E-state index contributed by atoms with van der Waals surface area (Å²) in [5.74, 6) is 2.71. The van der Waals surface area contributed by atoms with Crippen molar-refractivity contribution in [1.29, 1.82) is 0 Å². The van der Waals surface area contributed by atoms with Gasteiger partial charge >= 0.3 is 0 Å². The summed E-state index contributed by atoms with van der Waals surface area (Å²) >= 11 is 5.82. The van der Waals surface area contributed by atoms with Gasteiger partial charge in [-0.1, -0.05) is 0 Å². The molecule has 0 amide bonds. The van der Waals surface area contributed by atoms with Crippen LogP contribution in [0.3, 0.4) is 0 Å². The van der Waals surface area contributed by atoms with Crippen LogP contribution in [0.5, 0.6) is 5.88 Å². The molecule has 0 N–H and O–H groups in total. The van der Waals surface area contributed by atoms with E-state index in [1.165, 1.54) is 0 Å². The molecule has 0 spiro atoms. The van der Waals surface area contributed by atoms with Gasteiger partial charge in [0.05, 0.1) is 6.61 Å². The third kappa shape index (κ3) is 3.23. The molecule has 0 saturated heterocycles. The maximum Gasteiger partial charge on any atom is 0.218 e. The standard InChI is InChI=1S/C11H18ClN3O/c1-5-16-11-6-10(13-9(3)14-11)15(4)8(2)7-12/h6,8H,5,7H2,1-4H3. The van der Waals surface area contributed by atoms with Crippen molar-refractivity contribution in [1.82, 2.24) is 9.97 Å². The van der Waals surface area contributed by atoms with Gasteiger partial charge in [0, 0.05) is 25.0 Å². The molecule has 4 nitrogen and oxygen atoms in total. The van der Waals surface area contributed by atoms with Gasteiger partial charge in [-0.25, -0.2) is 4.98 Å². The lowest BCUT2D eigenvalue weighted by molar-refractivity contribution is 0.325. The minimum Gasteiger partial charge on any atom is -0.478 e. The fourth-order valence-electron chi connectivity index (χ4n) is 1.26. The second-order valence-electron chi connectivity index (χ2n) is 3.66. The summed E-state index contributed by atoms with van der Waals surface area (Å²) in [4.78, 5) is 10.6. The molecule has 0 aliphatic rings. The highest BCUT2D eigenvalue weighted by molar-refractivity contribution is 6.18. The zero-order valence-corrected chi connectivity index (χ0v) is 11.0. The predicted molar refractivity (Wildman–Crippen MR) is 66.5 cm³/mol. The Morgan fingerprint density at radius 1 is 1.50 bits per heavy atom. The smallest absolute Gasteiger partial charge is 0.218 e. The van der Waals surface area contributed by atoms with Crippen LogP contribution in [0, 0.1) is 6.92 Å². The summed E-state index contributed by atoms with van der Waals surface area (Å²) < 4.78 is 5.38. The number of aromatic nitrogens is 2. The molecule has 0 aromatic carbocycles. The first-order valence-corrected chi connectivity index (χ1v) is 5.89. The first-order valence-electron chi connectivity index (χ1n) is 5.35. The average Bonchev–Trinajstić information content (AvgIpc) is 2.26. The molecule has 16 heavy (non-hydrogen) atoms. The van der Waals surface area contributed by atoms with Crippen LogP contribution in [0.2, 0.25) is 0 Å². The molecule has 5 heteroatoms. The van der Waals surface area contributed by atoms with Crippen molar-refractivity contribution in [3.05, 3.63) is 11.9 Å². The van der Waals surface area contributed by atoms with Crippen LogP contribution < -0.4 is 9.64 Å². The van der Waals surface area contributed by atoms with E-state index < -0.39 is 0 Å². The van der Waals surface area contributed by atoms with Crippen LogP contribution in [0.4, 0.5) is 5.82 Å². The van der Waals surface area contributed by atoms with E-state index in [2.05, 4.69) is 9.97 Å². The lowest BCUT2D eigenvalue weighted by Gasteiger charge is -2.24. The van der Waals surface area contributed by atoms with E-state index >= 15 is 0 Å². The summed E-state index contributed by atoms with van der Waals surface area (Å²) in [5.41, 5.74) is 0. The highest BCUT2D eigenvalue weighted by Crippen LogP contribution is 2.18. The maximum atomic E-state index is 5.82. The second-order valence-corrected chi connectivity index (χ2v) is 3.97. The highest BCUT2D eigenvalue weighted by atomic mass is 35.5. The van der Waals surface area contributed by atoms with Gasteiger partial charge in [0.2, 0.25) is 5.88 Å². The monoisotopic (exact) mass is 243 g/mol. The SMILES string of the molecule is CCOc1cc(N(C)C(C)CCl)nc(C)n1. The van der Waals surface area contributed by atoms with Crippen molar-refractivity contribution in [3.8, 4) is 5.88 Å². The molecule has 0 aliphatic heterocycles. The molecular weight excluding hydrogens is 226 g/mol. The van der Waals surface area contributed by atoms with Gasteiger partial charge in [-0.15, -0.1) is 11.6 Å². The minimum absolute atomic E-state index is 0.227. The highest BCUT2D eigenvalue weighted by Gasteiger charge is 2.12. The normalized spacial score (nSPS) is 12.3. The maximum absolute atomic E-state index is 5.82. The van der Waals surface area contributed by atoms with Crippen LogP contribution >= 0.6 is 11.6 Å². The molecule has 0 radical (unpaired) electrons. The van der Waals surface area contributed by atoms with E-state index in [0.29, 0.717) is 24.2 Å². The molecule has 90 valence electrons. The van der Waals surface area contributed by atoms with Gasteiger partial charge in [-0.3, -0.25) is 0 Å². The van der Waals surface area contributed by atoms with Crippen LogP contribution in [-0.4, -0.2) is 35.5 Å². The number of rotatable bonds is 5. The van der Waals surface area contributed by atoms with Crippen molar-refractivity contribution in [2.24, 2.45) is 0 Å². The lowest BCUT2D eigenvalue weighted by atomic mass is 10.3. The van der Waals surface area contributed by atoms with Gasteiger partial charge in [0.1, 0.15) is 11.6 Å². The van der Waals surface area contributed by atoms with E-state index in [9.17, 15) is 0 Å². The molecule has 0 aliphatic carbocycles. The Bertz CT molecular complexity index is 346. The van der Waals surface area contributed by atoms with Crippen molar-refractivity contribution in [2.75, 3.05) is 24.4 Å². The van der Waals surface area contributed by atoms with Gasteiger partial charge in [0.15, 0.2) is 0 Å². The zero-order chi connectivity index (χ0) is 12.1. The van der Waals surface area contributed by atoms with Crippen LogP contribution in [0.15, 0.2) is 6.07 Å². The summed E-state index contributed by atoms with van der Waals surface area (Å²) in [7, 11) is 1.96. The van der Waals surface area contributed by atoms with Crippen molar-refractivity contribution >= 4 is 17.4 Å². The first-order chi connectivity index (χ1) is 7.58. The van der Waals surface area contributed by atoms with E-state index in [4.69, 9.17) is 16.3 Å². The number of hydrogen-bond donors (Lipinski definition) is 0. The number of hydrogen-bond acceptors (Lipinski definition) is 4. The molecule has 0 bridgehead atoms. The molecule has 1 unspecified atom stereocenters. The Morgan fingerprint density at radius 2 is 2.19 bits per heavy atom. The minimum atomic E-state index is 0.227. The number of aryl methyl sites for hydroxylation is 1. The fourth-order valence-corrected chi connectivity index (χ4v) is 1.46. The third-order valence-electron chi connectivity index (χ3n) is 2.34. The molecule has 1 atom stereocenters. The molecule has 1 aromatic heterocycles. The largest absolute Gasteiger partial charge is 0.478 e. The Labute approximate surface area is 102 Å². The molecule has 1 heterocycles. The number of anilines is 1. The summed E-state index contributed by atoms with van der Waals surface area (Å²) in [6, 6.07) is 2.06. The van der Waals surface area contributed by atoms with Crippen LogP contribution in [0.1, 0.15) is 19.7 Å². The fraction of sp³-hybridized carbons (Fsp3) is 0.636. The summed E-state index contributed by atoms with van der Waals surface area (Å²) in [5, 5.41) is 0. The van der Waals surface area contributed by atoms with Gasteiger partial charge in [-0.05, 0) is 20.8 Å². The first kappa shape index (κ1) is 13.0. The molecule has 1 aromatic rings. The summed E-state index contributed by atoms with van der Waals surface area (Å²) in [6.07, 6.45) is 0. The zero-order valence-electron chi connectivity index (χ0n) is 10.2. The molecule has 0 saturated carbocycles. The van der Waals surface area contributed by atoms with E-state index in [-0.39, 0.29) is 6.04 Å². The number of alkyl halides is 1. The van der Waals surface area contributed by atoms with E-state index in [1.54, 1.807) is 0 Å². The number of nitrogens with zero attached hydrogens (tertiary/aromatic N) is 3. The molecule has 0 fully saturated rings. The Balaban J connectivity index is 2.94. The predicted octanol–water partition coefficient (Wildman–Crippen LogP) is 2.25. The van der Waals surface area contributed by atoms with E-state index in [1.807, 2.05) is 38.8 Å². The van der Waals surface area contributed by atoms with Crippen LogP contribution in [-0.2, 0) is 0 Å². The van der Waals surface area contributed by atoms with Crippen LogP contribution in [0.25, 0.3) is 0 Å². The number of halogens is 1. The Hall–Kier alpha value is -1.03. The number of ether oxygens (including phenoxy) is 1. The summed E-state index contributed by atoms with van der Waals surface area (Å²) in [6.45, 7) is 6.43. The molecular formula is C11H18ClN3O. The van der Waals surface area contributed by atoms with Crippen molar-refractivity contribution in [3.63, 3.8) is 0 Å². The Morgan fingerprint density at radius 3 is 2.75 bits per heavy atom. The van der Waals surface area contributed by atoms with Gasteiger partial charge in [-0.2, -0.15) is 4.98 Å².